The van der Waals surface area contributed by atoms with E-state index in [-0.39, 0.29) is 19.5 Å². The minimum Gasteiger partial charge on any atom is -0.481 e. The van der Waals surface area contributed by atoms with Crippen LogP contribution in [0.5, 0.6) is 0 Å². The quantitative estimate of drug-likeness (QED) is 0.742. The van der Waals surface area contributed by atoms with Gasteiger partial charge in [-0.25, -0.2) is 0 Å². The Morgan fingerprint density at radius 2 is 2.16 bits per heavy atom. The number of nitrogens with one attached hydrogen (secondary N) is 1. The van der Waals surface area contributed by atoms with E-state index in [4.69, 9.17) is 5.11 Å². The fraction of sp³-hybridized carbons (Fsp3) is 0.455. The van der Waals surface area contributed by atoms with Crippen LogP contribution in [0, 0.1) is 6.92 Å². The van der Waals surface area contributed by atoms with Crippen LogP contribution in [0.1, 0.15) is 17.8 Å². The van der Waals surface area contributed by atoms with Crippen LogP contribution in [0.4, 0.5) is 0 Å². The molecule has 7 nitrogen and oxygen atoms in total. The predicted molar refractivity (Wildman–Crippen MR) is 69.6 cm³/mol. The zero-order chi connectivity index (χ0) is 14.5. The number of aliphatic carboxylic acids is 1. The van der Waals surface area contributed by atoms with Gasteiger partial charge in [0, 0.05) is 19.3 Å². The van der Waals surface area contributed by atoms with Crippen molar-refractivity contribution < 1.29 is 18.3 Å². The molecule has 0 aliphatic heterocycles. The second kappa shape index (κ2) is 6.60. The summed E-state index contributed by atoms with van der Waals surface area (Å²) in [6, 6.07) is 5.32. The van der Waals surface area contributed by atoms with Gasteiger partial charge in [0.15, 0.2) is 0 Å². The summed E-state index contributed by atoms with van der Waals surface area (Å²) in [6.45, 7) is 1.81. The Balaban J connectivity index is 2.57. The molecule has 0 unspecified atom stereocenters. The van der Waals surface area contributed by atoms with Crippen molar-refractivity contribution in [3.05, 3.63) is 29.6 Å². The van der Waals surface area contributed by atoms with Crippen molar-refractivity contribution in [2.24, 2.45) is 0 Å². The molecule has 0 aromatic carbocycles. The average molecular weight is 287 g/mol. The van der Waals surface area contributed by atoms with E-state index >= 15 is 0 Å². The summed E-state index contributed by atoms with van der Waals surface area (Å²) in [6.07, 6.45) is -0.236. The van der Waals surface area contributed by atoms with Crippen molar-refractivity contribution in [1.29, 1.82) is 0 Å². The highest BCUT2D eigenvalue weighted by Crippen LogP contribution is 2.01. The normalized spacial score (nSPS) is 11.7. The molecule has 19 heavy (non-hydrogen) atoms. The highest BCUT2D eigenvalue weighted by molar-refractivity contribution is 7.87. The summed E-state index contributed by atoms with van der Waals surface area (Å²) in [5, 5.41) is 8.51. The van der Waals surface area contributed by atoms with Gasteiger partial charge in [-0.05, 0) is 19.1 Å². The number of hydrogen-bond donors (Lipinski definition) is 2. The summed E-state index contributed by atoms with van der Waals surface area (Å²) in [7, 11) is -2.36. The maximum Gasteiger partial charge on any atom is 0.304 e. The van der Waals surface area contributed by atoms with E-state index in [1.54, 1.807) is 12.1 Å². The standard InChI is InChI=1S/C11H17N3O4S/c1-9-4-3-5-10(13-9)8-12-19(17,18)14(2)7-6-11(15)16/h3-5,12H,6-8H2,1-2H3,(H,15,16). The van der Waals surface area contributed by atoms with Crippen LogP contribution in [0.15, 0.2) is 18.2 Å². The molecule has 0 amide bonds. The minimum absolute atomic E-state index is 0.0709. The first kappa shape index (κ1) is 15.5. The van der Waals surface area contributed by atoms with Crippen LogP contribution in [0.3, 0.4) is 0 Å². The van der Waals surface area contributed by atoms with Crippen LogP contribution in [-0.2, 0) is 21.5 Å². The molecule has 0 aliphatic carbocycles. The highest BCUT2D eigenvalue weighted by Gasteiger charge is 2.17. The van der Waals surface area contributed by atoms with Gasteiger partial charge in [0.1, 0.15) is 0 Å². The summed E-state index contributed by atoms with van der Waals surface area (Å²) in [4.78, 5) is 14.6. The van der Waals surface area contributed by atoms with E-state index < -0.39 is 16.2 Å². The molecule has 0 bridgehead atoms. The maximum absolute atomic E-state index is 11.8. The molecule has 0 spiro atoms. The largest absolute Gasteiger partial charge is 0.481 e. The van der Waals surface area contributed by atoms with Gasteiger partial charge >= 0.3 is 5.97 Å². The number of nitrogens with zero attached hydrogens (tertiary/aromatic N) is 2. The van der Waals surface area contributed by atoms with E-state index in [2.05, 4.69) is 9.71 Å². The van der Waals surface area contributed by atoms with E-state index in [9.17, 15) is 13.2 Å². The van der Waals surface area contributed by atoms with Crippen molar-refractivity contribution in [2.45, 2.75) is 19.9 Å². The van der Waals surface area contributed by atoms with Gasteiger partial charge in [-0.3, -0.25) is 9.78 Å². The Kier molecular flexibility index (Phi) is 5.40. The summed E-state index contributed by atoms with van der Waals surface area (Å²) >= 11 is 0. The monoisotopic (exact) mass is 287 g/mol. The number of aryl methyl sites for hydroxylation is 1. The van der Waals surface area contributed by atoms with Crippen molar-refractivity contribution >= 4 is 16.2 Å². The fourth-order valence-corrected chi connectivity index (χ4v) is 2.23. The van der Waals surface area contributed by atoms with Crippen LogP contribution >= 0.6 is 0 Å². The number of rotatable bonds is 7. The molecule has 0 saturated carbocycles. The van der Waals surface area contributed by atoms with Gasteiger partial charge in [0.25, 0.3) is 10.2 Å². The SMILES string of the molecule is Cc1cccc(CNS(=O)(=O)N(C)CCC(=O)O)n1. The Labute approximate surface area is 112 Å². The van der Waals surface area contributed by atoms with E-state index in [0.29, 0.717) is 5.69 Å². The summed E-state index contributed by atoms with van der Waals surface area (Å²) < 4.78 is 26.9. The van der Waals surface area contributed by atoms with Crippen LogP contribution in [0.25, 0.3) is 0 Å². The fourth-order valence-electron chi connectivity index (χ4n) is 1.35. The molecule has 0 saturated heterocycles. The van der Waals surface area contributed by atoms with Gasteiger partial charge in [-0.2, -0.15) is 17.4 Å². The molecule has 0 fully saturated rings. The van der Waals surface area contributed by atoms with Gasteiger partial charge in [-0.1, -0.05) is 6.07 Å². The van der Waals surface area contributed by atoms with Crippen molar-refractivity contribution in [1.82, 2.24) is 14.0 Å². The van der Waals surface area contributed by atoms with E-state index in [1.807, 2.05) is 13.0 Å². The molecule has 0 aliphatic rings. The number of carboxylic acids is 1. The lowest BCUT2D eigenvalue weighted by atomic mass is 10.3. The molecule has 0 radical (unpaired) electrons. The molecule has 1 aromatic rings. The Morgan fingerprint density at radius 1 is 1.47 bits per heavy atom. The van der Waals surface area contributed by atoms with Gasteiger partial charge in [0.05, 0.1) is 18.7 Å². The number of carbonyl (C=O) groups is 1. The number of pyridine rings is 1. The minimum atomic E-state index is -3.69. The molecule has 8 heteroatoms. The van der Waals surface area contributed by atoms with Gasteiger partial charge in [-0.15, -0.1) is 0 Å². The first-order chi connectivity index (χ1) is 8.81. The van der Waals surface area contributed by atoms with Crippen molar-refractivity contribution in [3.63, 3.8) is 0 Å². The first-order valence-electron chi connectivity index (χ1n) is 5.66. The predicted octanol–water partition coefficient (Wildman–Crippen LogP) is 0.131. The Hall–Kier alpha value is -1.51. The Bertz CT molecular complexity index is 545. The van der Waals surface area contributed by atoms with Crippen LogP contribution in [-0.4, -0.2) is 42.4 Å². The van der Waals surface area contributed by atoms with Crippen molar-refractivity contribution in [2.75, 3.05) is 13.6 Å². The zero-order valence-corrected chi connectivity index (χ0v) is 11.6. The van der Waals surface area contributed by atoms with Gasteiger partial charge in [0.2, 0.25) is 0 Å². The Morgan fingerprint density at radius 3 is 2.74 bits per heavy atom. The summed E-state index contributed by atoms with van der Waals surface area (Å²) in [5.74, 6) is -1.04. The van der Waals surface area contributed by atoms with E-state index in [0.717, 1.165) is 10.00 Å². The third-order valence-electron chi connectivity index (χ3n) is 2.43. The average Bonchev–Trinajstić information content (AvgIpc) is 2.33. The molecule has 1 heterocycles. The second-order valence-electron chi connectivity index (χ2n) is 4.06. The second-order valence-corrected chi connectivity index (χ2v) is 5.92. The number of hydrogen-bond acceptors (Lipinski definition) is 4. The molecular formula is C11H17N3O4S. The topological polar surface area (TPSA) is 99.6 Å². The van der Waals surface area contributed by atoms with Crippen molar-refractivity contribution in [3.8, 4) is 0 Å². The molecular weight excluding hydrogens is 270 g/mol. The summed E-state index contributed by atoms with van der Waals surface area (Å²) in [5.41, 5.74) is 1.41. The first-order valence-corrected chi connectivity index (χ1v) is 7.10. The highest BCUT2D eigenvalue weighted by atomic mass is 32.2. The van der Waals surface area contributed by atoms with Gasteiger partial charge < -0.3 is 5.11 Å². The zero-order valence-electron chi connectivity index (χ0n) is 10.8. The molecule has 1 rings (SSSR count). The smallest absolute Gasteiger partial charge is 0.304 e. The van der Waals surface area contributed by atoms with Crippen LogP contribution in [0.2, 0.25) is 0 Å². The third kappa shape index (κ3) is 5.33. The number of carboxylic acid groups (broad SMARTS) is 1. The molecule has 2 N–H and O–H groups in total. The molecule has 1 aromatic heterocycles. The lowest BCUT2D eigenvalue weighted by molar-refractivity contribution is -0.137. The third-order valence-corrected chi connectivity index (χ3v) is 3.94. The maximum atomic E-state index is 11.8. The van der Waals surface area contributed by atoms with E-state index in [1.165, 1.54) is 7.05 Å². The lowest BCUT2D eigenvalue weighted by Crippen LogP contribution is -2.39. The van der Waals surface area contributed by atoms with Crippen LogP contribution < -0.4 is 4.72 Å². The number of aromatic nitrogens is 1. The lowest BCUT2D eigenvalue weighted by Gasteiger charge is -2.16. The molecule has 106 valence electrons. The molecule has 0 atom stereocenters.